The Bertz CT molecular complexity index is 1240. The van der Waals surface area contributed by atoms with E-state index in [1.807, 2.05) is 37.3 Å². The molecule has 0 aliphatic heterocycles. The maximum absolute atomic E-state index is 12.7. The van der Waals surface area contributed by atoms with E-state index in [1.54, 1.807) is 43.5 Å². The van der Waals surface area contributed by atoms with Crippen molar-refractivity contribution in [1.29, 1.82) is 5.26 Å². The van der Waals surface area contributed by atoms with Gasteiger partial charge in [-0.2, -0.15) is 5.26 Å². The number of hydrogen-bond donors (Lipinski definition) is 1. The van der Waals surface area contributed by atoms with Crippen LogP contribution in [0.3, 0.4) is 0 Å². The number of carbonyl (C=O) groups excluding carboxylic acids is 1. The highest BCUT2D eigenvalue weighted by Crippen LogP contribution is 2.35. The fourth-order valence-corrected chi connectivity index (χ4v) is 4.04. The minimum Gasteiger partial charge on any atom is -0.497 e. The lowest BCUT2D eigenvalue weighted by Crippen LogP contribution is -2.13. The third-order valence-electron chi connectivity index (χ3n) is 4.63. The second-order valence-electron chi connectivity index (χ2n) is 7.03. The SMILES string of the molecule is CCOc1cc(/C=C(\C#N)C(=O)Nc2ccc(OC)cc2)cc(I)c1OCc1cccc(Cl)c1. The van der Waals surface area contributed by atoms with E-state index in [2.05, 4.69) is 27.9 Å². The molecule has 0 radical (unpaired) electrons. The summed E-state index contributed by atoms with van der Waals surface area (Å²) >= 11 is 8.21. The molecular formula is C26H22ClIN2O4. The van der Waals surface area contributed by atoms with Gasteiger partial charge in [0, 0.05) is 10.7 Å². The normalized spacial score (nSPS) is 10.9. The molecule has 1 amide bonds. The fraction of sp³-hybridized carbons (Fsp3) is 0.154. The number of nitrogens with one attached hydrogen (secondary N) is 1. The van der Waals surface area contributed by atoms with Crippen molar-refractivity contribution in [2.24, 2.45) is 0 Å². The molecular weight excluding hydrogens is 567 g/mol. The Balaban J connectivity index is 1.82. The summed E-state index contributed by atoms with van der Waals surface area (Å²) in [5.74, 6) is 1.27. The van der Waals surface area contributed by atoms with Crippen LogP contribution in [0.1, 0.15) is 18.1 Å². The highest BCUT2D eigenvalue weighted by molar-refractivity contribution is 14.1. The smallest absolute Gasteiger partial charge is 0.266 e. The van der Waals surface area contributed by atoms with Crippen molar-refractivity contribution in [3.8, 4) is 23.3 Å². The third-order valence-corrected chi connectivity index (χ3v) is 5.66. The summed E-state index contributed by atoms with van der Waals surface area (Å²) in [6.07, 6.45) is 1.52. The van der Waals surface area contributed by atoms with E-state index in [0.29, 0.717) is 46.7 Å². The van der Waals surface area contributed by atoms with Gasteiger partial charge in [-0.25, -0.2) is 0 Å². The highest BCUT2D eigenvalue weighted by atomic mass is 127. The van der Waals surface area contributed by atoms with Crippen LogP contribution in [0.2, 0.25) is 5.02 Å². The van der Waals surface area contributed by atoms with E-state index in [0.717, 1.165) is 9.13 Å². The summed E-state index contributed by atoms with van der Waals surface area (Å²) in [6, 6.07) is 19.8. The summed E-state index contributed by atoms with van der Waals surface area (Å²) in [7, 11) is 1.57. The molecule has 34 heavy (non-hydrogen) atoms. The predicted octanol–water partition coefficient (Wildman–Crippen LogP) is 6.48. The molecule has 0 spiro atoms. The zero-order valence-electron chi connectivity index (χ0n) is 18.6. The average Bonchev–Trinajstić information content (AvgIpc) is 2.82. The number of halogens is 2. The number of anilines is 1. The molecule has 0 aliphatic rings. The maximum Gasteiger partial charge on any atom is 0.266 e. The van der Waals surface area contributed by atoms with Gasteiger partial charge >= 0.3 is 0 Å². The number of nitriles is 1. The van der Waals surface area contributed by atoms with Crippen molar-refractivity contribution >= 4 is 51.9 Å². The lowest BCUT2D eigenvalue weighted by molar-refractivity contribution is -0.112. The molecule has 174 valence electrons. The Morgan fingerprint density at radius 3 is 2.56 bits per heavy atom. The van der Waals surface area contributed by atoms with Crippen LogP contribution in [-0.2, 0) is 11.4 Å². The van der Waals surface area contributed by atoms with E-state index in [9.17, 15) is 10.1 Å². The molecule has 0 unspecified atom stereocenters. The van der Waals surface area contributed by atoms with Crippen molar-refractivity contribution in [1.82, 2.24) is 0 Å². The van der Waals surface area contributed by atoms with E-state index >= 15 is 0 Å². The van der Waals surface area contributed by atoms with Gasteiger partial charge in [-0.05, 0) is 95.2 Å². The first kappa shape index (κ1) is 25.4. The molecule has 0 fully saturated rings. The largest absolute Gasteiger partial charge is 0.497 e. The molecule has 6 nitrogen and oxygen atoms in total. The predicted molar refractivity (Wildman–Crippen MR) is 141 cm³/mol. The Hall–Kier alpha value is -3.22. The summed E-state index contributed by atoms with van der Waals surface area (Å²) < 4.78 is 17.7. The topological polar surface area (TPSA) is 80.6 Å². The minimum atomic E-state index is -0.512. The first-order valence-corrected chi connectivity index (χ1v) is 11.8. The van der Waals surface area contributed by atoms with Crippen LogP contribution in [0.15, 0.2) is 66.2 Å². The zero-order chi connectivity index (χ0) is 24.5. The van der Waals surface area contributed by atoms with Crippen LogP contribution < -0.4 is 19.5 Å². The molecule has 0 atom stereocenters. The number of hydrogen-bond acceptors (Lipinski definition) is 5. The number of methoxy groups -OCH3 is 1. The molecule has 3 aromatic carbocycles. The zero-order valence-corrected chi connectivity index (χ0v) is 21.5. The Kier molecular flexibility index (Phi) is 9.19. The lowest BCUT2D eigenvalue weighted by atomic mass is 10.1. The maximum atomic E-state index is 12.7. The quantitative estimate of drug-likeness (QED) is 0.176. The van der Waals surface area contributed by atoms with Gasteiger partial charge in [-0.1, -0.05) is 23.7 Å². The van der Waals surface area contributed by atoms with Crippen molar-refractivity contribution in [3.63, 3.8) is 0 Å². The van der Waals surface area contributed by atoms with Crippen LogP contribution in [0, 0.1) is 14.9 Å². The fourth-order valence-electron chi connectivity index (χ4n) is 3.04. The monoisotopic (exact) mass is 588 g/mol. The van der Waals surface area contributed by atoms with Gasteiger partial charge < -0.3 is 19.5 Å². The van der Waals surface area contributed by atoms with E-state index in [-0.39, 0.29) is 5.57 Å². The number of nitrogens with zero attached hydrogens (tertiary/aromatic N) is 1. The summed E-state index contributed by atoms with van der Waals surface area (Å²) in [5, 5.41) is 12.9. The van der Waals surface area contributed by atoms with Gasteiger partial charge in [0.25, 0.3) is 5.91 Å². The Morgan fingerprint density at radius 1 is 1.15 bits per heavy atom. The van der Waals surface area contributed by atoms with Gasteiger partial charge in [0.1, 0.15) is 24.0 Å². The number of ether oxygens (including phenoxy) is 3. The van der Waals surface area contributed by atoms with Gasteiger partial charge in [0.15, 0.2) is 11.5 Å². The van der Waals surface area contributed by atoms with Gasteiger partial charge in [-0.3, -0.25) is 4.79 Å². The molecule has 0 aromatic heterocycles. The van der Waals surface area contributed by atoms with Gasteiger partial charge in [0.05, 0.1) is 17.3 Å². The first-order valence-electron chi connectivity index (χ1n) is 10.3. The second kappa shape index (κ2) is 12.3. The number of benzene rings is 3. The van der Waals surface area contributed by atoms with Crippen LogP contribution in [0.5, 0.6) is 17.2 Å². The first-order chi connectivity index (χ1) is 16.4. The van der Waals surface area contributed by atoms with Crippen LogP contribution >= 0.6 is 34.2 Å². The summed E-state index contributed by atoms with van der Waals surface area (Å²) in [6.45, 7) is 2.62. The number of carbonyl (C=O) groups is 1. The molecule has 0 aliphatic carbocycles. The van der Waals surface area contributed by atoms with Crippen LogP contribution in [0.25, 0.3) is 6.08 Å². The Labute approximate surface area is 217 Å². The summed E-state index contributed by atoms with van der Waals surface area (Å²) in [4.78, 5) is 12.7. The van der Waals surface area contributed by atoms with Crippen LogP contribution in [-0.4, -0.2) is 19.6 Å². The average molecular weight is 589 g/mol. The summed E-state index contributed by atoms with van der Waals surface area (Å²) in [5.41, 5.74) is 2.09. The molecule has 3 rings (SSSR count). The van der Waals surface area contributed by atoms with Gasteiger partial charge in [0.2, 0.25) is 0 Å². The molecule has 8 heteroatoms. The standard InChI is InChI=1S/C26H22ClIN2O4/c1-3-33-24-14-18(13-23(28)25(24)34-16-17-5-4-6-20(27)12-17)11-19(15-29)26(31)30-21-7-9-22(32-2)10-8-21/h4-14H,3,16H2,1-2H3,(H,30,31)/b19-11+. The van der Waals surface area contributed by atoms with Crippen molar-refractivity contribution < 1.29 is 19.0 Å². The van der Waals surface area contributed by atoms with Gasteiger partial charge in [-0.15, -0.1) is 0 Å². The molecule has 1 N–H and O–H groups in total. The third kappa shape index (κ3) is 6.89. The number of amides is 1. The molecule has 3 aromatic rings. The van der Waals surface area contributed by atoms with E-state index in [4.69, 9.17) is 25.8 Å². The lowest BCUT2D eigenvalue weighted by Gasteiger charge is -2.15. The molecule has 0 saturated heterocycles. The van der Waals surface area contributed by atoms with E-state index < -0.39 is 5.91 Å². The highest BCUT2D eigenvalue weighted by Gasteiger charge is 2.15. The van der Waals surface area contributed by atoms with Crippen molar-refractivity contribution in [3.05, 3.63) is 86.0 Å². The molecule has 0 heterocycles. The molecule has 0 bridgehead atoms. The minimum absolute atomic E-state index is 0.0401. The second-order valence-corrected chi connectivity index (χ2v) is 8.63. The van der Waals surface area contributed by atoms with Crippen LogP contribution in [0.4, 0.5) is 5.69 Å². The van der Waals surface area contributed by atoms with Crippen molar-refractivity contribution in [2.45, 2.75) is 13.5 Å². The molecule has 0 saturated carbocycles. The van der Waals surface area contributed by atoms with E-state index in [1.165, 1.54) is 6.08 Å². The number of rotatable bonds is 9. The Morgan fingerprint density at radius 2 is 1.91 bits per heavy atom. The van der Waals surface area contributed by atoms with Crippen molar-refractivity contribution in [2.75, 3.05) is 19.0 Å².